The summed E-state index contributed by atoms with van der Waals surface area (Å²) >= 11 is 5.95. The summed E-state index contributed by atoms with van der Waals surface area (Å²) in [5.74, 6) is 0.0591. The summed E-state index contributed by atoms with van der Waals surface area (Å²) in [6.07, 6.45) is 0. The van der Waals surface area contributed by atoms with Crippen molar-refractivity contribution >= 4 is 33.7 Å². The van der Waals surface area contributed by atoms with Crippen LogP contribution in [0.5, 0.6) is 5.88 Å². The first-order valence-electron chi connectivity index (χ1n) is 7.94. The minimum atomic E-state index is 0. The molecule has 26 heavy (non-hydrogen) atoms. The highest BCUT2D eigenvalue weighted by Gasteiger charge is 2.24. The molecule has 0 aliphatic carbocycles. The third-order valence-electron chi connectivity index (χ3n) is 4.07. The third kappa shape index (κ3) is 2.92. The van der Waals surface area contributed by atoms with Gasteiger partial charge in [0.25, 0.3) is 0 Å². The molecule has 4 aromatic rings. The van der Waals surface area contributed by atoms with Gasteiger partial charge in [-0.25, -0.2) is 0 Å². The van der Waals surface area contributed by atoms with Crippen molar-refractivity contribution in [2.24, 2.45) is 5.73 Å². The molecule has 0 bridgehead atoms. The largest absolute Gasteiger partial charge is 0.870 e. The number of pyridine rings is 1. The van der Waals surface area contributed by atoms with Gasteiger partial charge in [0.2, 0.25) is 5.52 Å². The molecule has 8 heteroatoms. The number of rotatable bonds is 4. The molecule has 0 atom stereocenters. The first-order valence-corrected chi connectivity index (χ1v) is 8.32. The second kappa shape index (κ2) is 7.17. The number of fused-ring (bicyclic) bond motifs is 3. The fourth-order valence-corrected chi connectivity index (χ4v) is 3.02. The van der Waals surface area contributed by atoms with Crippen molar-refractivity contribution in [2.75, 3.05) is 18.4 Å². The van der Waals surface area contributed by atoms with E-state index in [1.54, 1.807) is 16.6 Å². The van der Waals surface area contributed by atoms with E-state index in [2.05, 4.69) is 10.5 Å². The van der Waals surface area contributed by atoms with E-state index in [0.29, 0.717) is 23.6 Å². The predicted octanol–water partition coefficient (Wildman–Crippen LogP) is 2.32. The maximum atomic E-state index is 10.7. The summed E-state index contributed by atoms with van der Waals surface area (Å²) in [7, 11) is 0. The Morgan fingerprint density at radius 1 is 1.12 bits per heavy atom. The Morgan fingerprint density at radius 3 is 2.58 bits per heavy atom. The minimum Gasteiger partial charge on any atom is -0.870 e. The lowest BCUT2D eigenvalue weighted by Gasteiger charge is -2.07. The predicted molar refractivity (Wildman–Crippen MR) is 100 cm³/mol. The van der Waals surface area contributed by atoms with Gasteiger partial charge >= 0.3 is 5.88 Å². The number of benzene rings is 2. The average Bonchev–Trinajstić information content (AvgIpc) is 2.97. The van der Waals surface area contributed by atoms with Gasteiger partial charge in [-0.2, -0.15) is 0 Å². The number of nitrogens with one attached hydrogen (secondary N) is 1. The highest BCUT2D eigenvalue weighted by molar-refractivity contribution is 6.30. The molecule has 0 saturated carbocycles. The fourth-order valence-electron chi connectivity index (χ4n) is 2.90. The SMILES string of the molecule is NCCNc1cc2c(O)n(-c3ccc(Cl)cc3)n[n+]2c2ccccc12.[OH-]. The van der Waals surface area contributed by atoms with E-state index in [4.69, 9.17) is 17.3 Å². The molecule has 7 nitrogen and oxygen atoms in total. The van der Waals surface area contributed by atoms with Crippen LogP contribution < -0.4 is 15.6 Å². The topological polar surface area (TPSA) is 110 Å². The van der Waals surface area contributed by atoms with E-state index in [9.17, 15) is 5.11 Å². The highest BCUT2D eigenvalue weighted by Crippen LogP contribution is 2.27. The van der Waals surface area contributed by atoms with Crippen molar-refractivity contribution < 1.29 is 15.1 Å². The molecule has 4 rings (SSSR count). The maximum absolute atomic E-state index is 10.7. The van der Waals surface area contributed by atoms with E-state index in [1.165, 1.54) is 4.68 Å². The van der Waals surface area contributed by atoms with Crippen molar-refractivity contribution in [1.29, 1.82) is 0 Å². The number of hydrogen-bond acceptors (Lipinski definition) is 5. The number of hydrogen-bond donors (Lipinski definition) is 3. The number of anilines is 1. The van der Waals surface area contributed by atoms with Crippen molar-refractivity contribution in [3.63, 3.8) is 0 Å². The van der Waals surface area contributed by atoms with Gasteiger partial charge in [0, 0.05) is 29.6 Å². The van der Waals surface area contributed by atoms with Crippen molar-refractivity contribution in [3.05, 3.63) is 59.6 Å². The second-order valence-corrected chi connectivity index (χ2v) is 6.13. The Labute approximate surface area is 154 Å². The van der Waals surface area contributed by atoms with Gasteiger partial charge in [0.1, 0.15) is 5.21 Å². The molecular weight excluding hydrogens is 354 g/mol. The van der Waals surface area contributed by atoms with Crippen LogP contribution in [-0.4, -0.2) is 33.6 Å². The molecule has 0 unspecified atom stereocenters. The average molecular weight is 372 g/mol. The summed E-state index contributed by atoms with van der Waals surface area (Å²) in [4.78, 5) is 0. The number of aromatic nitrogens is 3. The van der Waals surface area contributed by atoms with E-state index in [1.807, 2.05) is 42.5 Å². The summed E-state index contributed by atoms with van der Waals surface area (Å²) < 4.78 is 3.22. The zero-order valence-corrected chi connectivity index (χ0v) is 14.6. The van der Waals surface area contributed by atoms with Gasteiger partial charge in [0.05, 0.1) is 5.69 Å². The second-order valence-electron chi connectivity index (χ2n) is 5.69. The van der Waals surface area contributed by atoms with Gasteiger partial charge in [-0.3, -0.25) is 0 Å². The van der Waals surface area contributed by atoms with Crippen LogP contribution in [0.2, 0.25) is 5.02 Å². The van der Waals surface area contributed by atoms with Crippen LogP contribution in [0, 0.1) is 0 Å². The Kier molecular flexibility index (Phi) is 4.94. The van der Waals surface area contributed by atoms with Crippen molar-refractivity contribution in [2.45, 2.75) is 0 Å². The Balaban J connectivity index is 0.00000196. The Morgan fingerprint density at radius 2 is 1.85 bits per heavy atom. The van der Waals surface area contributed by atoms with Gasteiger partial charge in [-0.05, 0) is 36.4 Å². The quantitative estimate of drug-likeness (QED) is 0.477. The highest BCUT2D eigenvalue weighted by atomic mass is 35.5. The van der Waals surface area contributed by atoms with Crippen LogP contribution in [0.25, 0.3) is 22.1 Å². The molecule has 2 aromatic carbocycles. The van der Waals surface area contributed by atoms with Crippen molar-refractivity contribution in [1.82, 2.24) is 9.90 Å². The lowest BCUT2D eigenvalue weighted by molar-refractivity contribution is -0.555. The van der Waals surface area contributed by atoms with Crippen LogP contribution >= 0.6 is 11.6 Å². The van der Waals surface area contributed by atoms with Gasteiger partial charge < -0.3 is 21.6 Å². The van der Waals surface area contributed by atoms with Crippen LogP contribution in [0.4, 0.5) is 5.69 Å². The molecular formula is C18H18ClN5O2. The molecule has 2 aromatic heterocycles. The van der Waals surface area contributed by atoms with E-state index >= 15 is 0 Å². The molecule has 0 radical (unpaired) electrons. The molecule has 0 aliphatic heterocycles. The molecule has 0 aliphatic rings. The number of nitrogens with two attached hydrogens (primary N) is 1. The van der Waals surface area contributed by atoms with Crippen LogP contribution in [0.1, 0.15) is 0 Å². The van der Waals surface area contributed by atoms with Gasteiger partial charge in [-0.15, -0.1) is 0 Å². The first kappa shape index (κ1) is 17.9. The Hall–Kier alpha value is -2.87. The van der Waals surface area contributed by atoms with Gasteiger partial charge in [-0.1, -0.05) is 32.9 Å². The normalized spacial score (nSPS) is 10.8. The molecule has 2 heterocycles. The molecule has 0 saturated heterocycles. The smallest absolute Gasteiger partial charge is 0.359 e. The van der Waals surface area contributed by atoms with Gasteiger partial charge in [0.15, 0.2) is 11.2 Å². The van der Waals surface area contributed by atoms with Crippen LogP contribution in [0.15, 0.2) is 54.6 Å². The van der Waals surface area contributed by atoms with Crippen LogP contribution in [-0.2, 0) is 0 Å². The van der Waals surface area contributed by atoms with E-state index < -0.39 is 0 Å². The molecule has 0 spiro atoms. The van der Waals surface area contributed by atoms with E-state index in [0.717, 1.165) is 22.3 Å². The minimum absolute atomic E-state index is 0. The summed E-state index contributed by atoms with van der Waals surface area (Å²) in [5.41, 5.74) is 8.74. The van der Waals surface area contributed by atoms with Crippen LogP contribution in [0.3, 0.4) is 0 Å². The molecule has 0 fully saturated rings. The molecule has 5 N–H and O–H groups in total. The van der Waals surface area contributed by atoms with E-state index in [-0.39, 0.29) is 11.4 Å². The number of nitrogens with zero attached hydrogens (tertiary/aromatic N) is 3. The summed E-state index contributed by atoms with van der Waals surface area (Å²) in [6, 6.07) is 16.9. The Bertz CT molecular complexity index is 1060. The fraction of sp³-hybridized carbons (Fsp3) is 0.111. The third-order valence-corrected chi connectivity index (χ3v) is 4.32. The summed E-state index contributed by atoms with van der Waals surface area (Å²) in [5, 5.41) is 20.2. The monoisotopic (exact) mass is 371 g/mol. The standard InChI is InChI=1S/C18H16ClN5O.H2O/c19-12-5-7-13(8-6-12)23-18(25)17-11-15(21-10-9-20)14-3-1-2-4-16(14)24(17)22-23;/h1-8,11,22H,9-10,20H2;1H2. The zero-order valence-electron chi connectivity index (χ0n) is 13.8. The van der Waals surface area contributed by atoms with Crippen molar-refractivity contribution in [3.8, 4) is 11.6 Å². The maximum Gasteiger partial charge on any atom is 0.359 e. The molecule has 134 valence electrons. The lowest BCUT2D eigenvalue weighted by Crippen LogP contribution is -2.26. The first-order chi connectivity index (χ1) is 12.2. The number of para-hydroxylation sites is 1. The summed E-state index contributed by atoms with van der Waals surface area (Å²) in [6.45, 7) is 1.17. The number of aromatic hydroxyl groups is 1. The zero-order chi connectivity index (χ0) is 17.4. The molecule has 0 amide bonds. The number of halogens is 1. The lowest BCUT2D eigenvalue weighted by atomic mass is 10.1.